The van der Waals surface area contributed by atoms with Gasteiger partial charge in [-0.2, -0.15) is 0 Å². The quantitative estimate of drug-likeness (QED) is 0.504. The first-order valence-corrected chi connectivity index (χ1v) is 5.09. The standard InChI is InChI=1S/C9H13N3O2.ClH/c13-7-9(12-8(14)11-7)3-4-10-6-2-1-5(6)9;/h5-6,10H,1-4H2,(H2,11,12,13,14);1H. The lowest BCUT2D eigenvalue weighted by Gasteiger charge is -2.50. The van der Waals surface area contributed by atoms with Crippen LogP contribution in [0.15, 0.2) is 0 Å². The number of nitrogens with one attached hydrogen (secondary N) is 3. The predicted molar refractivity (Wildman–Crippen MR) is 55.8 cm³/mol. The molecule has 3 atom stereocenters. The third kappa shape index (κ3) is 1.26. The van der Waals surface area contributed by atoms with Crippen molar-refractivity contribution in [3.63, 3.8) is 0 Å². The Balaban J connectivity index is 0.000000853. The average molecular weight is 232 g/mol. The lowest BCUT2D eigenvalue weighted by Crippen LogP contribution is -2.68. The number of carbonyl (C=O) groups excluding carboxylic acids is 2. The Hall–Kier alpha value is -0.810. The minimum absolute atomic E-state index is 0. The summed E-state index contributed by atoms with van der Waals surface area (Å²) in [6.45, 7) is 0.814. The van der Waals surface area contributed by atoms with Crippen molar-refractivity contribution >= 4 is 24.3 Å². The van der Waals surface area contributed by atoms with Crippen LogP contribution in [0.5, 0.6) is 0 Å². The Morgan fingerprint density at radius 2 is 2.07 bits per heavy atom. The molecule has 3 aliphatic rings. The second-order valence-electron chi connectivity index (χ2n) is 4.37. The van der Waals surface area contributed by atoms with E-state index in [1.165, 1.54) is 0 Å². The summed E-state index contributed by atoms with van der Waals surface area (Å²) in [4.78, 5) is 22.9. The largest absolute Gasteiger partial charge is 0.323 e. The van der Waals surface area contributed by atoms with E-state index in [9.17, 15) is 9.59 Å². The van der Waals surface area contributed by atoms with Gasteiger partial charge in [0.2, 0.25) is 0 Å². The zero-order valence-corrected chi connectivity index (χ0v) is 9.02. The van der Waals surface area contributed by atoms with Crippen molar-refractivity contribution in [2.24, 2.45) is 5.92 Å². The molecule has 0 aromatic rings. The van der Waals surface area contributed by atoms with E-state index in [2.05, 4.69) is 16.0 Å². The summed E-state index contributed by atoms with van der Waals surface area (Å²) in [5, 5.41) is 8.53. The van der Waals surface area contributed by atoms with E-state index in [4.69, 9.17) is 0 Å². The molecule has 0 aromatic heterocycles. The minimum atomic E-state index is -0.592. The second kappa shape index (κ2) is 3.35. The lowest BCUT2D eigenvalue weighted by molar-refractivity contribution is -0.129. The van der Waals surface area contributed by atoms with Crippen LogP contribution in [0.25, 0.3) is 0 Å². The number of rotatable bonds is 0. The number of piperidine rings is 1. The highest BCUT2D eigenvalue weighted by Gasteiger charge is 2.58. The van der Waals surface area contributed by atoms with E-state index in [1.807, 2.05) is 0 Å². The monoisotopic (exact) mass is 231 g/mol. The van der Waals surface area contributed by atoms with Gasteiger partial charge in [0.15, 0.2) is 0 Å². The SMILES string of the molecule is Cl.O=C1NC(=O)C2(CCNC3CCC32)N1. The maximum atomic E-state index is 11.7. The van der Waals surface area contributed by atoms with E-state index in [1.54, 1.807) is 0 Å². The van der Waals surface area contributed by atoms with Gasteiger partial charge in [-0.1, -0.05) is 0 Å². The Kier molecular flexibility index (Phi) is 2.39. The number of amides is 3. The van der Waals surface area contributed by atoms with Gasteiger partial charge in [0.1, 0.15) is 5.54 Å². The van der Waals surface area contributed by atoms with Crippen LogP contribution >= 0.6 is 12.4 Å². The molecule has 0 radical (unpaired) electrons. The molecular formula is C9H14ClN3O2. The van der Waals surface area contributed by atoms with E-state index in [-0.39, 0.29) is 24.3 Å². The van der Waals surface area contributed by atoms with Crippen LogP contribution in [0.4, 0.5) is 4.79 Å². The number of imide groups is 1. The minimum Gasteiger partial charge on any atom is -0.323 e. The zero-order valence-electron chi connectivity index (χ0n) is 8.21. The van der Waals surface area contributed by atoms with Crippen LogP contribution in [0.2, 0.25) is 0 Å². The fourth-order valence-corrected chi connectivity index (χ4v) is 2.92. The molecule has 3 amide bonds. The van der Waals surface area contributed by atoms with Crippen LogP contribution in [0.3, 0.4) is 0 Å². The van der Waals surface area contributed by atoms with Gasteiger partial charge in [-0.15, -0.1) is 12.4 Å². The van der Waals surface area contributed by atoms with E-state index in [0.717, 1.165) is 19.4 Å². The summed E-state index contributed by atoms with van der Waals surface area (Å²) >= 11 is 0. The molecule has 2 heterocycles. The van der Waals surface area contributed by atoms with Crippen molar-refractivity contribution in [2.45, 2.75) is 30.8 Å². The Labute approximate surface area is 93.8 Å². The van der Waals surface area contributed by atoms with Gasteiger partial charge >= 0.3 is 6.03 Å². The molecule has 0 bridgehead atoms. The normalized spacial score (nSPS) is 42.4. The number of fused-ring (bicyclic) bond motifs is 2. The van der Waals surface area contributed by atoms with Crippen molar-refractivity contribution in [1.82, 2.24) is 16.0 Å². The molecular weight excluding hydrogens is 218 g/mol. The molecule has 2 saturated heterocycles. The molecule has 0 aromatic carbocycles. The third-order valence-electron chi connectivity index (χ3n) is 3.80. The third-order valence-corrected chi connectivity index (χ3v) is 3.80. The van der Waals surface area contributed by atoms with E-state index in [0.29, 0.717) is 18.4 Å². The van der Waals surface area contributed by atoms with Crippen molar-refractivity contribution < 1.29 is 9.59 Å². The lowest BCUT2D eigenvalue weighted by atomic mass is 9.63. The fraction of sp³-hybridized carbons (Fsp3) is 0.778. The first-order chi connectivity index (χ1) is 6.72. The van der Waals surface area contributed by atoms with Gasteiger partial charge < -0.3 is 10.6 Å². The van der Waals surface area contributed by atoms with Crippen LogP contribution in [0, 0.1) is 5.92 Å². The molecule has 84 valence electrons. The van der Waals surface area contributed by atoms with Crippen LogP contribution < -0.4 is 16.0 Å². The Morgan fingerprint density at radius 1 is 1.27 bits per heavy atom. The number of hydrogen-bond donors (Lipinski definition) is 3. The first-order valence-electron chi connectivity index (χ1n) is 5.09. The number of urea groups is 1. The molecule has 1 saturated carbocycles. The van der Waals surface area contributed by atoms with Crippen molar-refractivity contribution in [2.75, 3.05) is 6.54 Å². The van der Waals surface area contributed by atoms with Crippen LogP contribution in [0.1, 0.15) is 19.3 Å². The van der Waals surface area contributed by atoms with Crippen molar-refractivity contribution in [3.05, 3.63) is 0 Å². The van der Waals surface area contributed by atoms with Gasteiger partial charge in [-0.3, -0.25) is 10.1 Å². The molecule has 3 N–H and O–H groups in total. The summed E-state index contributed by atoms with van der Waals surface area (Å²) < 4.78 is 0. The summed E-state index contributed by atoms with van der Waals surface area (Å²) in [5.41, 5.74) is -0.592. The van der Waals surface area contributed by atoms with Gasteiger partial charge in [-0.05, 0) is 25.8 Å². The first kappa shape index (κ1) is 10.7. The Bertz CT molecular complexity index is 322. The van der Waals surface area contributed by atoms with E-state index >= 15 is 0 Å². The van der Waals surface area contributed by atoms with Gasteiger partial charge in [0.25, 0.3) is 5.91 Å². The summed E-state index contributed by atoms with van der Waals surface area (Å²) in [6, 6.07) is 0.0930. The maximum Gasteiger partial charge on any atom is 0.322 e. The number of halogens is 1. The average Bonchev–Trinajstić information content (AvgIpc) is 2.32. The molecule has 3 unspecified atom stereocenters. The van der Waals surface area contributed by atoms with Crippen LogP contribution in [-0.4, -0.2) is 30.1 Å². The second-order valence-corrected chi connectivity index (χ2v) is 4.37. The molecule has 3 rings (SSSR count). The molecule has 3 fully saturated rings. The van der Waals surface area contributed by atoms with Crippen LogP contribution in [-0.2, 0) is 4.79 Å². The maximum absolute atomic E-state index is 11.7. The van der Waals surface area contributed by atoms with E-state index < -0.39 is 5.54 Å². The molecule has 6 heteroatoms. The smallest absolute Gasteiger partial charge is 0.322 e. The zero-order chi connectivity index (χ0) is 9.76. The summed E-state index contributed by atoms with van der Waals surface area (Å²) in [5.74, 6) is 0.168. The van der Waals surface area contributed by atoms with Gasteiger partial charge in [0.05, 0.1) is 0 Å². The molecule has 2 aliphatic heterocycles. The Morgan fingerprint density at radius 3 is 2.60 bits per heavy atom. The highest BCUT2D eigenvalue weighted by molar-refractivity contribution is 6.07. The molecule has 1 aliphatic carbocycles. The topological polar surface area (TPSA) is 70.2 Å². The predicted octanol–water partition coefficient (Wildman–Crippen LogP) is -0.242. The highest BCUT2D eigenvalue weighted by atomic mass is 35.5. The summed E-state index contributed by atoms with van der Waals surface area (Å²) in [7, 11) is 0. The molecule has 1 spiro atoms. The summed E-state index contributed by atoms with van der Waals surface area (Å²) in [6.07, 6.45) is 2.87. The molecule has 15 heavy (non-hydrogen) atoms. The van der Waals surface area contributed by atoms with Crippen molar-refractivity contribution in [1.29, 1.82) is 0 Å². The fourth-order valence-electron chi connectivity index (χ4n) is 2.92. The number of carbonyl (C=O) groups is 2. The number of hydrogen-bond acceptors (Lipinski definition) is 3. The van der Waals surface area contributed by atoms with Crippen molar-refractivity contribution in [3.8, 4) is 0 Å². The highest BCUT2D eigenvalue weighted by Crippen LogP contribution is 2.42. The van der Waals surface area contributed by atoms with Gasteiger partial charge in [-0.25, -0.2) is 4.79 Å². The molecule has 5 nitrogen and oxygen atoms in total. The van der Waals surface area contributed by atoms with Gasteiger partial charge in [0, 0.05) is 12.0 Å².